The lowest BCUT2D eigenvalue weighted by atomic mass is 10.0. The summed E-state index contributed by atoms with van der Waals surface area (Å²) in [6.45, 7) is 0.885. The third kappa shape index (κ3) is 5.73. The molecule has 10 heteroatoms. The maximum absolute atomic E-state index is 13.4. The molecule has 6 rings (SSSR count). The highest BCUT2D eigenvalue weighted by Crippen LogP contribution is 2.27. The number of nitrogen functional groups attached to an aromatic ring is 1. The van der Waals surface area contributed by atoms with Crippen molar-refractivity contribution < 1.29 is 19.1 Å². The summed E-state index contributed by atoms with van der Waals surface area (Å²) in [6, 6.07) is 22.5. The van der Waals surface area contributed by atoms with E-state index in [9.17, 15) is 14.4 Å². The minimum Gasteiger partial charge on any atom is -0.435 e. The van der Waals surface area contributed by atoms with E-state index in [2.05, 4.69) is 4.57 Å². The number of piperidine rings is 1. The number of cyclic esters (lactones) is 1. The minimum atomic E-state index is -0.808. The van der Waals surface area contributed by atoms with Crippen LogP contribution in [0.1, 0.15) is 45.7 Å². The van der Waals surface area contributed by atoms with Crippen molar-refractivity contribution in [2.45, 2.75) is 44.2 Å². The number of likely N-dealkylation sites (tertiary alicyclic amines) is 1. The van der Waals surface area contributed by atoms with E-state index >= 15 is 0 Å². The fraction of sp³-hybridized carbons (Fsp3) is 0.303. The summed E-state index contributed by atoms with van der Waals surface area (Å²) >= 11 is 0. The largest absolute Gasteiger partial charge is 0.435 e. The highest BCUT2D eigenvalue weighted by Gasteiger charge is 2.45. The quantitative estimate of drug-likeness (QED) is 0.241. The number of amidine groups is 1. The van der Waals surface area contributed by atoms with Gasteiger partial charge in [-0.2, -0.15) is 0 Å². The van der Waals surface area contributed by atoms with Gasteiger partial charge in [0.05, 0.1) is 11.0 Å². The number of hydrogen-bond acceptors (Lipinski definition) is 6. The van der Waals surface area contributed by atoms with Gasteiger partial charge >= 0.3 is 6.09 Å². The fourth-order valence-electron chi connectivity index (χ4n) is 5.98. The van der Waals surface area contributed by atoms with Crippen LogP contribution in [0.15, 0.2) is 72.8 Å². The van der Waals surface area contributed by atoms with E-state index in [4.69, 9.17) is 20.9 Å². The Morgan fingerprint density at radius 3 is 2.35 bits per heavy atom. The normalized spacial score (nSPS) is 17.5. The number of aromatic nitrogens is 2. The second-order valence-electron chi connectivity index (χ2n) is 11.2. The Morgan fingerprint density at radius 2 is 1.65 bits per heavy atom. The number of benzene rings is 3. The molecule has 2 fully saturated rings. The van der Waals surface area contributed by atoms with Gasteiger partial charge in [0.25, 0.3) is 11.8 Å². The van der Waals surface area contributed by atoms with E-state index in [0.717, 1.165) is 40.8 Å². The lowest BCUT2D eigenvalue weighted by Gasteiger charge is -2.34. The zero-order valence-corrected chi connectivity index (χ0v) is 24.0. The van der Waals surface area contributed by atoms with E-state index < -0.39 is 12.2 Å². The summed E-state index contributed by atoms with van der Waals surface area (Å²) in [7, 11) is 1.98. The topological polar surface area (TPSA) is 135 Å². The maximum atomic E-state index is 13.4. The number of amides is 3. The average Bonchev–Trinajstić information content (AvgIpc) is 3.49. The molecule has 10 nitrogen and oxygen atoms in total. The van der Waals surface area contributed by atoms with Gasteiger partial charge in [-0.1, -0.05) is 54.6 Å². The molecule has 0 spiro atoms. The van der Waals surface area contributed by atoms with Gasteiger partial charge < -0.3 is 19.9 Å². The highest BCUT2D eigenvalue weighted by molar-refractivity contribution is 6.01. The molecule has 3 N–H and O–H groups in total. The zero-order valence-electron chi connectivity index (χ0n) is 24.0. The van der Waals surface area contributed by atoms with Crippen LogP contribution in [0.25, 0.3) is 11.0 Å². The Kier molecular flexibility index (Phi) is 7.67. The lowest BCUT2D eigenvalue weighted by Crippen LogP contribution is -2.49. The highest BCUT2D eigenvalue weighted by atomic mass is 16.6. The zero-order chi connectivity index (χ0) is 30.1. The number of carbonyl (C=O) groups is 3. The van der Waals surface area contributed by atoms with Crippen molar-refractivity contribution >= 4 is 34.8 Å². The van der Waals surface area contributed by atoms with Crippen molar-refractivity contribution in [1.82, 2.24) is 19.4 Å². The number of nitrogens with one attached hydrogen (secondary N) is 1. The first-order chi connectivity index (χ1) is 20.8. The molecular formula is C33H34N6O4. The fourth-order valence-corrected chi connectivity index (χ4v) is 5.98. The standard InChI is InChI=1S/C33H34N6O4/c1-37-27-13-12-24(20-26(27)36-29(37)14-9-21-7-10-23(11-8-21)30(34)35)31(40)38-17-15-25(16-18-38)39-32(41)28(43-33(39)42)19-22-5-3-2-4-6-22/h2-8,10-13,20,25,28H,9,14-19H2,1H3,(H3,34,35). The molecule has 1 unspecified atom stereocenters. The molecular weight excluding hydrogens is 544 g/mol. The van der Waals surface area contributed by atoms with Crippen LogP contribution in [-0.2, 0) is 35.8 Å². The van der Waals surface area contributed by atoms with Gasteiger partial charge in [0, 0.05) is 50.1 Å². The number of nitrogens with two attached hydrogens (primary N) is 1. The van der Waals surface area contributed by atoms with Crippen molar-refractivity contribution in [3.05, 3.63) is 101 Å². The van der Waals surface area contributed by atoms with Gasteiger partial charge in [-0.15, -0.1) is 0 Å². The number of carbonyl (C=O) groups excluding carboxylic acids is 3. The number of imide groups is 1. The van der Waals surface area contributed by atoms with E-state index in [1.165, 1.54) is 4.90 Å². The van der Waals surface area contributed by atoms with Crippen molar-refractivity contribution in [3.63, 3.8) is 0 Å². The van der Waals surface area contributed by atoms with Crippen molar-refractivity contribution in [2.75, 3.05) is 13.1 Å². The number of rotatable bonds is 8. The van der Waals surface area contributed by atoms with Crippen LogP contribution < -0.4 is 5.73 Å². The summed E-state index contributed by atoms with van der Waals surface area (Å²) in [4.78, 5) is 47.0. The van der Waals surface area contributed by atoms with Gasteiger partial charge in [0.2, 0.25) is 0 Å². The Hall–Kier alpha value is -4.99. The van der Waals surface area contributed by atoms with Crippen LogP contribution >= 0.6 is 0 Å². The first-order valence-corrected chi connectivity index (χ1v) is 14.5. The molecule has 220 valence electrons. The van der Waals surface area contributed by atoms with Crippen LogP contribution in [0, 0.1) is 5.41 Å². The second-order valence-corrected chi connectivity index (χ2v) is 11.2. The van der Waals surface area contributed by atoms with Crippen molar-refractivity contribution in [1.29, 1.82) is 5.41 Å². The SMILES string of the molecule is Cn1c(CCc2ccc(C(=N)N)cc2)nc2cc(C(=O)N3CCC(N4C(=O)OC(Cc5ccccc5)C4=O)CC3)ccc21. The van der Waals surface area contributed by atoms with Gasteiger partial charge in [0.15, 0.2) is 6.10 Å². The predicted molar refractivity (Wildman–Crippen MR) is 162 cm³/mol. The number of aryl methyl sites for hydroxylation is 3. The first-order valence-electron chi connectivity index (χ1n) is 14.5. The summed E-state index contributed by atoms with van der Waals surface area (Å²) < 4.78 is 7.48. The molecule has 0 saturated carbocycles. The molecule has 4 aromatic rings. The van der Waals surface area contributed by atoms with E-state index in [1.54, 1.807) is 4.90 Å². The van der Waals surface area contributed by atoms with Crippen LogP contribution in [0.5, 0.6) is 0 Å². The predicted octanol–water partition coefficient (Wildman–Crippen LogP) is 3.84. The summed E-state index contributed by atoms with van der Waals surface area (Å²) in [5.41, 5.74) is 10.6. The molecule has 2 aliphatic heterocycles. The van der Waals surface area contributed by atoms with Gasteiger partial charge in [-0.25, -0.2) is 14.7 Å². The molecule has 0 aliphatic carbocycles. The Labute approximate surface area is 249 Å². The number of hydrogen-bond donors (Lipinski definition) is 2. The molecule has 43 heavy (non-hydrogen) atoms. The van der Waals surface area contributed by atoms with Crippen LogP contribution in [0.2, 0.25) is 0 Å². The van der Waals surface area contributed by atoms with Crippen molar-refractivity contribution in [2.24, 2.45) is 12.8 Å². The minimum absolute atomic E-state index is 0.0516. The van der Waals surface area contributed by atoms with E-state index in [0.29, 0.717) is 43.5 Å². The number of imidazole rings is 1. The van der Waals surface area contributed by atoms with Crippen molar-refractivity contribution in [3.8, 4) is 0 Å². The molecule has 0 radical (unpaired) electrons. The summed E-state index contributed by atoms with van der Waals surface area (Å²) in [5.74, 6) is 0.581. The monoisotopic (exact) mass is 578 g/mol. The first kappa shape index (κ1) is 28.1. The summed E-state index contributed by atoms with van der Waals surface area (Å²) in [6.07, 6.45) is 1.48. The van der Waals surface area contributed by atoms with Crippen LogP contribution in [0.4, 0.5) is 4.79 Å². The third-order valence-corrected chi connectivity index (χ3v) is 8.46. The smallest absolute Gasteiger partial charge is 0.417 e. The molecule has 1 aromatic heterocycles. The maximum Gasteiger partial charge on any atom is 0.417 e. The molecule has 3 heterocycles. The number of fused-ring (bicyclic) bond motifs is 1. The Bertz CT molecular complexity index is 1690. The van der Waals surface area contributed by atoms with E-state index in [-0.39, 0.29) is 23.7 Å². The van der Waals surface area contributed by atoms with Crippen LogP contribution in [0.3, 0.4) is 0 Å². The molecule has 3 amide bonds. The number of nitrogens with zero attached hydrogens (tertiary/aromatic N) is 4. The Morgan fingerprint density at radius 1 is 0.953 bits per heavy atom. The Balaban J connectivity index is 1.07. The van der Waals surface area contributed by atoms with E-state index in [1.807, 2.05) is 79.8 Å². The molecule has 1 atom stereocenters. The average molecular weight is 579 g/mol. The molecule has 2 aliphatic rings. The molecule has 3 aromatic carbocycles. The van der Waals surface area contributed by atoms with Crippen LogP contribution in [-0.4, -0.2) is 68.3 Å². The third-order valence-electron chi connectivity index (χ3n) is 8.46. The van der Waals surface area contributed by atoms with Gasteiger partial charge in [-0.05, 0) is 48.6 Å². The van der Waals surface area contributed by atoms with Gasteiger partial charge in [0.1, 0.15) is 11.7 Å². The second kappa shape index (κ2) is 11.7. The number of ether oxygens (including phenoxy) is 1. The van der Waals surface area contributed by atoms with Gasteiger partial charge in [-0.3, -0.25) is 15.0 Å². The molecule has 2 saturated heterocycles. The molecule has 0 bridgehead atoms. The lowest BCUT2D eigenvalue weighted by molar-refractivity contribution is -0.131. The summed E-state index contributed by atoms with van der Waals surface area (Å²) in [5, 5.41) is 7.55.